The van der Waals surface area contributed by atoms with E-state index in [0.717, 1.165) is 50.9 Å². The van der Waals surface area contributed by atoms with E-state index in [-0.39, 0.29) is 16.5 Å². The Bertz CT molecular complexity index is 922. The zero-order chi connectivity index (χ0) is 19.4. The molecule has 144 valence electrons. The van der Waals surface area contributed by atoms with Gasteiger partial charge in [0.1, 0.15) is 0 Å². The highest BCUT2D eigenvalue weighted by Crippen LogP contribution is 2.20. The van der Waals surface area contributed by atoms with Crippen molar-refractivity contribution in [3.8, 4) is 0 Å². The molecule has 1 amide bonds. The fraction of sp³-hybridized carbons (Fsp3) is 0.316. The van der Waals surface area contributed by atoms with Gasteiger partial charge in [0.15, 0.2) is 11.6 Å². The van der Waals surface area contributed by atoms with E-state index in [1.54, 1.807) is 12.1 Å². The van der Waals surface area contributed by atoms with Crippen LogP contribution in [0.4, 0.5) is 14.5 Å². The largest absolute Gasteiger partial charge is 0.339 e. The molecule has 0 aromatic heterocycles. The van der Waals surface area contributed by atoms with E-state index < -0.39 is 21.7 Å². The first-order valence-electron chi connectivity index (χ1n) is 8.74. The van der Waals surface area contributed by atoms with Crippen molar-refractivity contribution in [1.29, 1.82) is 0 Å². The van der Waals surface area contributed by atoms with Crippen LogP contribution in [0.5, 0.6) is 0 Å². The Morgan fingerprint density at radius 3 is 2.11 bits per heavy atom. The highest BCUT2D eigenvalue weighted by molar-refractivity contribution is 7.92. The second-order valence-electron chi connectivity index (χ2n) is 6.47. The third-order valence-electron chi connectivity index (χ3n) is 4.48. The summed E-state index contributed by atoms with van der Waals surface area (Å²) in [6.45, 7) is 1.45. The van der Waals surface area contributed by atoms with Gasteiger partial charge in [-0.05, 0) is 55.3 Å². The fourth-order valence-corrected chi connectivity index (χ4v) is 4.07. The fourth-order valence-electron chi connectivity index (χ4n) is 3.00. The molecular weight excluding hydrogens is 374 g/mol. The number of benzene rings is 2. The lowest BCUT2D eigenvalue weighted by molar-refractivity contribution is 0.0761. The Morgan fingerprint density at radius 1 is 0.889 bits per heavy atom. The van der Waals surface area contributed by atoms with Crippen molar-refractivity contribution < 1.29 is 22.0 Å². The maximum absolute atomic E-state index is 13.3. The molecule has 1 saturated heterocycles. The number of sulfonamides is 1. The number of hydrogen-bond acceptors (Lipinski definition) is 3. The zero-order valence-corrected chi connectivity index (χ0v) is 15.4. The molecule has 0 spiro atoms. The molecule has 1 fully saturated rings. The highest BCUT2D eigenvalue weighted by Gasteiger charge is 2.19. The number of carbonyl (C=O) groups excluding carboxylic acids is 1. The van der Waals surface area contributed by atoms with E-state index in [1.165, 1.54) is 12.1 Å². The van der Waals surface area contributed by atoms with Crippen LogP contribution in [-0.4, -0.2) is 32.3 Å². The molecule has 27 heavy (non-hydrogen) atoms. The molecule has 2 aromatic carbocycles. The van der Waals surface area contributed by atoms with E-state index in [4.69, 9.17) is 0 Å². The Hall–Kier alpha value is -2.48. The van der Waals surface area contributed by atoms with Crippen LogP contribution in [0.25, 0.3) is 0 Å². The second-order valence-corrected chi connectivity index (χ2v) is 8.15. The lowest BCUT2D eigenvalue weighted by Crippen LogP contribution is -2.31. The topological polar surface area (TPSA) is 66.5 Å². The van der Waals surface area contributed by atoms with Crippen LogP contribution in [0.1, 0.15) is 36.0 Å². The number of nitrogens with one attached hydrogen (secondary N) is 1. The van der Waals surface area contributed by atoms with Crippen molar-refractivity contribution in [2.24, 2.45) is 0 Å². The van der Waals surface area contributed by atoms with Gasteiger partial charge in [-0.1, -0.05) is 12.8 Å². The molecule has 8 heteroatoms. The van der Waals surface area contributed by atoms with E-state index in [0.29, 0.717) is 11.6 Å². The standard InChI is InChI=1S/C19H20F2N2O3S/c20-17-10-9-16(13-18(17)21)27(25,26)22-15-7-5-14(6-8-15)19(24)23-11-3-1-2-4-12-23/h5-10,13,22H,1-4,11-12H2. The SMILES string of the molecule is O=C(c1ccc(NS(=O)(=O)c2ccc(F)c(F)c2)cc1)N1CCCCCC1. The van der Waals surface area contributed by atoms with E-state index >= 15 is 0 Å². The first-order valence-corrected chi connectivity index (χ1v) is 10.2. The van der Waals surface area contributed by atoms with Gasteiger partial charge < -0.3 is 4.90 Å². The molecular formula is C19H20F2N2O3S. The van der Waals surface area contributed by atoms with Gasteiger partial charge in [0, 0.05) is 24.3 Å². The van der Waals surface area contributed by atoms with Gasteiger partial charge in [-0.25, -0.2) is 17.2 Å². The Balaban J connectivity index is 1.73. The molecule has 1 N–H and O–H groups in total. The predicted molar refractivity (Wildman–Crippen MR) is 98.0 cm³/mol. The summed E-state index contributed by atoms with van der Waals surface area (Å²) >= 11 is 0. The molecule has 0 saturated carbocycles. The van der Waals surface area contributed by atoms with Crippen LogP contribution in [-0.2, 0) is 10.0 Å². The molecule has 5 nitrogen and oxygen atoms in total. The zero-order valence-electron chi connectivity index (χ0n) is 14.6. The minimum Gasteiger partial charge on any atom is -0.339 e. The summed E-state index contributed by atoms with van der Waals surface area (Å²) in [4.78, 5) is 14.0. The maximum Gasteiger partial charge on any atom is 0.261 e. The quantitative estimate of drug-likeness (QED) is 0.858. The van der Waals surface area contributed by atoms with Crippen molar-refractivity contribution in [2.45, 2.75) is 30.6 Å². The number of likely N-dealkylation sites (tertiary alicyclic amines) is 1. The summed E-state index contributed by atoms with van der Waals surface area (Å²) in [5.74, 6) is -2.44. The minimum atomic E-state index is -4.06. The second kappa shape index (κ2) is 8.04. The summed E-state index contributed by atoms with van der Waals surface area (Å²) in [7, 11) is -4.06. The molecule has 0 atom stereocenters. The monoisotopic (exact) mass is 394 g/mol. The average molecular weight is 394 g/mol. The van der Waals surface area contributed by atoms with E-state index in [9.17, 15) is 22.0 Å². The molecule has 0 radical (unpaired) electrons. The smallest absolute Gasteiger partial charge is 0.261 e. The molecule has 1 heterocycles. The number of halogens is 2. The molecule has 2 aromatic rings. The average Bonchev–Trinajstić information content (AvgIpc) is 2.93. The maximum atomic E-state index is 13.3. The van der Waals surface area contributed by atoms with E-state index in [1.807, 2.05) is 4.90 Å². The van der Waals surface area contributed by atoms with Gasteiger partial charge in [-0.2, -0.15) is 0 Å². The normalized spacial score (nSPS) is 15.3. The number of nitrogens with zero attached hydrogens (tertiary/aromatic N) is 1. The van der Waals surface area contributed by atoms with Gasteiger partial charge in [0.2, 0.25) is 0 Å². The first kappa shape index (κ1) is 19.3. The van der Waals surface area contributed by atoms with Crippen LogP contribution < -0.4 is 4.72 Å². The predicted octanol–water partition coefficient (Wildman–Crippen LogP) is 3.78. The molecule has 1 aliphatic heterocycles. The first-order chi connectivity index (χ1) is 12.9. The number of rotatable bonds is 4. The molecule has 0 bridgehead atoms. The minimum absolute atomic E-state index is 0.0769. The van der Waals surface area contributed by atoms with Crippen LogP contribution in [0, 0.1) is 11.6 Å². The third kappa shape index (κ3) is 4.63. The summed E-state index contributed by atoms with van der Waals surface area (Å²) in [5.41, 5.74) is 0.708. The van der Waals surface area contributed by atoms with Gasteiger partial charge in [0.05, 0.1) is 4.90 Å². The lowest BCUT2D eigenvalue weighted by Gasteiger charge is -2.20. The summed E-state index contributed by atoms with van der Waals surface area (Å²) in [5, 5.41) is 0. The van der Waals surface area contributed by atoms with Crippen LogP contribution in [0.3, 0.4) is 0 Å². The summed E-state index contributed by atoms with van der Waals surface area (Å²) in [6, 6.07) is 8.41. The third-order valence-corrected chi connectivity index (χ3v) is 5.86. The van der Waals surface area contributed by atoms with Crippen LogP contribution in [0.2, 0.25) is 0 Å². The molecule has 0 unspecified atom stereocenters. The number of carbonyl (C=O) groups is 1. The van der Waals surface area contributed by atoms with Gasteiger partial charge in [-0.3, -0.25) is 9.52 Å². The molecule has 1 aliphatic rings. The van der Waals surface area contributed by atoms with Crippen molar-refractivity contribution in [1.82, 2.24) is 4.90 Å². The summed E-state index contributed by atoms with van der Waals surface area (Å²) < 4.78 is 53.2. The van der Waals surface area contributed by atoms with E-state index in [2.05, 4.69) is 4.72 Å². The van der Waals surface area contributed by atoms with Crippen LogP contribution in [0.15, 0.2) is 47.4 Å². The van der Waals surface area contributed by atoms with Crippen molar-refractivity contribution in [3.05, 3.63) is 59.7 Å². The Labute approximate surface area is 157 Å². The van der Waals surface area contributed by atoms with Crippen molar-refractivity contribution in [3.63, 3.8) is 0 Å². The van der Waals surface area contributed by atoms with Crippen LogP contribution >= 0.6 is 0 Å². The van der Waals surface area contributed by atoms with Crippen molar-refractivity contribution >= 4 is 21.6 Å². The van der Waals surface area contributed by atoms with Crippen molar-refractivity contribution in [2.75, 3.05) is 17.8 Å². The molecule has 3 rings (SSSR count). The highest BCUT2D eigenvalue weighted by atomic mass is 32.2. The lowest BCUT2D eigenvalue weighted by atomic mass is 10.2. The Kier molecular flexibility index (Phi) is 5.74. The van der Waals surface area contributed by atoms with Gasteiger partial charge in [-0.15, -0.1) is 0 Å². The number of hydrogen-bond donors (Lipinski definition) is 1. The van der Waals surface area contributed by atoms with Gasteiger partial charge in [0.25, 0.3) is 15.9 Å². The molecule has 0 aliphatic carbocycles. The summed E-state index contributed by atoms with van der Waals surface area (Å²) in [6.07, 6.45) is 4.21. The van der Waals surface area contributed by atoms with Gasteiger partial charge >= 0.3 is 0 Å². The Morgan fingerprint density at radius 2 is 1.52 bits per heavy atom. The number of amides is 1. The number of anilines is 1.